The van der Waals surface area contributed by atoms with Crippen molar-refractivity contribution in [2.24, 2.45) is 0 Å². The summed E-state index contributed by atoms with van der Waals surface area (Å²) in [6.07, 6.45) is 12.2. The number of hydrogen-bond donors (Lipinski definition) is 4. The van der Waals surface area contributed by atoms with Crippen LogP contribution in [-0.2, 0) is 0 Å². The van der Waals surface area contributed by atoms with Gasteiger partial charge in [0.25, 0.3) is 0 Å². The second-order valence-corrected chi connectivity index (χ2v) is 12.7. The molecule has 0 aliphatic carbocycles. The zero-order valence-electron chi connectivity index (χ0n) is 29.5. The minimum absolute atomic E-state index is 0.120. The number of unbranched alkanes of at least 4 members (excludes halogenated alkanes) is 8. The molecule has 2 heterocycles. The van der Waals surface area contributed by atoms with Crippen molar-refractivity contribution in [3.05, 3.63) is 94.0 Å². The fourth-order valence-electron chi connectivity index (χ4n) is 6.11. The topological polar surface area (TPSA) is 169 Å². The highest BCUT2D eigenvalue weighted by atomic mass is 16.6. The number of hydrogen-bond acceptors (Lipinski definition) is 12. The van der Waals surface area contributed by atoms with Gasteiger partial charge in [-0.2, -0.15) is 15.0 Å². The Hall–Kier alpha value is -5.33. The molecule has 0 fully saturated rings. The van der Waals surface area contributed by atoms with Crippen LogP contribution in [0.5, 0.6) is 0 Å². The first-order valence-corrected chi connectivity index (χ1v) is 18.3. The third-order valence-electron chi connectivity index (χ3n) is 8.86. The molecule has 4 N–H and O–H groups in total. The largest absolute Gasteiger partial charge is 0.383 e. The number of fused-ring (bicyclic) bond motifs is 1. The van der Waals surface area contributed by atoms with Crippen molar-refractivity contribution in [3.63, 3.8) is 0 Å². The minimum Gasteiger partial charge on any atom is -0.383 e. The quantitative estimate of drug-likeness (QED) is 0.0275. The van der Waals surface area contributed by atoms with E-state index in [-0.39, 0.29) is 17.1 Å². The van der Waals surface area contributed by atoms with Gasteiger partial charge in [-0.3, -0.25) is 10.1 Å². The third-order valence-corrected chi connectivity index (χ3v) is 8.86. The standard InChI is InChI=1S/C38H50N10O3/c1-2-3-4-5-6-16-26-40-36-43-37(41-27-17-8-7-15-25-39-32-22-23-33(48(49)50)35-34(32)46-51-47-35)45-38(44-36)42-28-24-31(29-18-11-9-12-19-29)30-20-13-10-14-21-30/h9-14,18-23,31,39H,2-8,15-17,24-28H2,1H3,(H3,40,41,42,43,44,45). The Kier molecular flexibility index (Phi) is 14.8. The first kappa shape index (κ1) is 36.9. The number of anilines is 4. The highest BCUT2D eigenvalue weighted by Crippen LogP contribution is 2.29. The Balaban J connectivity index is 1.10. The summed E-state index contributed by atoms with van der Waals surface area (Å²) in [6.45, 7) is 5.22. The number of nitrogens with one attached hydrogen (secondary N) is 4. The summed E-state index contributed by atoms with van der Waals surface area (Å²) in [5.74, 6) is 1.96. The number of aromatic nitrogens is 5. The summed E-state index contributed by atoms with van der Waals surface area (Å²) in [5, 5.41) is 32.4. The minimum atomic E-state index is -0.485. The van der Waals surface area contributed by atoms with Crippen LogP contribution in [0.1, 0.15) is 94.6 Å². The number of non-ortho nitro benzene ring substituents is 1. The Morgan fingerprint density at radius 2 is 1.10 bits per heavy atom. The average Bonchev–Trinajstić information content (AvgIpc) is 3.65. The summed E-state index contributed by atoms with van der Waals surface area (Å²) in [7, 11) is 0. The maximum Gasteiger partial charge on any atom is 0.300 e. The highest BCUT2D eigenvalue weighted by Gasteiger charge is 2.19. The lowest BCUT2D eigenvalue weighted by molar-refractivity contribution is -0.383. The molecule has 2 aromatic heterocycles. The Bertz CT molecular complexity index is 1710. The monoisotopic (exact) mass is 694 g/mol. The Labute approximate surface area is 299 Å². The molecule has 0 aliphatic heterocycles. The maximum absolute atomic E-state index is 11.2. The van der Waals surface area contributed by atoms with Gasteiger partial charge in [-0.05, 0) is 53.2 Å². The summed E-state index contributed by atoms with van der Waals surface area (Å²) < 4.78 is 4.75. The molecule has 5 rings (SSSR count). The SMILES string of the molecule is CCCCCCCCNc1nc(NCCCCCCNc2ccc([N+](=O)[O-])c3nonc23)nc(NCCC(c2ccccc2)c2ccccc2)n1. The summed E-state index contributed by atoms with van der Waals surface area (Å²) >= 11 is 0. The van der Waals surface area contributed by atoms with E-state index < -0.39 is 4.92 Å². The molecule has 0 aliphatic rings. The molecular formula is C38H50N10O3. The van der Waals surface area contributed by atoms with Crippen LogP contribution in [0.15, 0.2) is 77.4 Å². The van der Waals surface area contributed by atoms with E-state index in [4.69, 9.17) is 14.6 Å². The van der Waals surface area contributed by atoms with Crippen LogP contribution in [0.2, 0.25) is 0 Å². The number of nitrogens with zero attached hydrogens (tertiary/aromatic N) is 6. The predicted octanol–water partition coefficient (Wildman–Crippen LogP) is 8.81. The first-order chi connectivity index (χ1) is 25.1. The number of benzene rings is 3. The predicted molar refractivity (Wildman–Crippen MR) is 203 cm³/mol. The van der Waals surface area contributed by atoms with Crippen molar-refractivity contribution in [2.45, 2.75) is 83.5 Å². The van der Waals surface area contributed by atoms with Crippen molar-refractivity contribution >= 4 is 40.3 Å². The van der Waals surface area contributed by atoms with Crippen LogP contribution < -0.4 is 21.3 Å². The second-order valence-electron chi connectivity index (χ2n) is 12.7. The van der Waals surface area contributed by atoms with Gasteiger partial charge in [0.1, 0.15) is 0 Å². The lowest BCUT2D eigenvalue weighted by atomic mass is 9.88. The number of nitro groups is 1. The van der Waals surface area contributed by atoms with Crippen LogP contribution in [0, 0.1) is 10.1 Å². The van der Waals surface area contributed by atoms with E-state index in [0.29, 0.717) is 42.1 Å². The van der Waals surface area contributed by atoms with Crippen LogP contribution in [0.25, 0.3) is 11.0 Å². The van der Waals surface area contributed by atoms with Gasteiger partial charge in [0, 0.05) is 38.2 Å². The van der Waals surface area contributed by atoms with Crippen molar-refractivity contribution < 1.29 is 9.55 Å². The van der Waals surface area contributed by atoms with Crippen molar-refractivity contribution in [1.82, 2.24) is 25.3 Å². The molecule has 5 aromatic rings. The molecule has 13 nitrogen and oxygen atoms in total. The summed E-state index contributed by atoms with van der Waals surface area (Å²) in [4.78, 5) is 24.9. The van der Waals surface area contributed by atoms with Gasteiger partial charge in [-0.25, -0.2) is 4.63 Å². The van der Waals surface area contributed by atoms with Crippen LogP contribution >= 0.6 is 0 Å². The molecule has 0 spiro atoms. The van der Waals surface area contributed by atoms with E-state index in [9.17, 15) is 10.1 Å². The van der Waals surface area contributed by atoms with E-state index in [2.05, 4.69) is 104 Å². The van der Waals surface area contributed by atoms with Crippen molar-refractivity contribution in [3.8, 4) is 0 Å². The van der Waals surface area contributed by atoms with E-state index in [1.54, 1.807) is 6.07 Å². The molecular weight excluding hydrogens is 644 g/mol. The van der Waals surface area contributed by atoms with Crippen molar-refractivity contribution in [2.75, 3.05) is 47.4 Å². The first-order valence-electron chi connectivity index (χ1n) is 18.3. The summed E-state index contributed by atoms with van der Waals surface area (Å²) in [5.41, 5.74) is 3.65. The molecule has 0 bridgehead atoms. The molecule has 270 valence electrons. The van der Waals surface area contributed by atoms with Crippen molar-refractivity contribution in [1.29, 1.82) is 0 Å². The average molecular weight is 695 g/mol. The lowest BCUT2D eigenvalue weighted by Crippen LogP contribution is -2.15. The van der Waals surface area contributed by atoms with E-state index in [1.165, 1.54) is 49.3 Å². The van der Waals surface area contributed by atoms with Gasteiger partial charge in [-0.15, -0.1) is 0 Å². The lowest BCUT2D eigenvalue weighted by Gasteiger charge is -2.19. The second kappa shape index (κ2) is 20.4. The molecule has 0 unspecified atom stereocenters. The van der Waals surface area contributed by atoms with Gasteiger partial charge in [0.15, 0.2) is 5.52 Å². The number of rotatable bonds is 24. The molecule has 0 radical (unpaired) electrons. The molecule has 0 atom stereocenters. The molecule has 0 saturated carbocycles. The van der Waals surface area contributed by atoms with Gasteiger partial charge >= 0.3 is 5.69 Å². The van der Waals surface area contributed by atoms with Gasteiger partial charge in [0.05, 0.1) is 10.6 Å². The molecule has 3 aromatic carbocycles. The fourth-order valence-corrected chi connectivity index (χ4v) is 6.11. The van der Waals surface area contributed by atoms with Crippen LogP contribution in [0.3, 0.4) is 0 Å². The van der Waals surface area contributed by atoms with Gasteiger partial charge < -0.3 is 21.3 Å². The van der Waals surface area contributed by atoms with E-state index >= 15 is 0 Å². The summed E-state index contributed by atoms with van der Waals surface area (Å²) in [6, 6.07) is 24.3. The Morgan fingerprint density at radius 3 is 1.65 bits per heavy atom. The Morgan fingerprint density at radius 1 is 0.608 bits per heavy atom. The fraction of sp³-hybridized carbons (Fsp3) is 0.447. The third kappa shape index (κ3) is 11.6. The molecule has 0 amide bonds. The molecule has 0 saturated heterocycles. The zero-order valence-corrected chi connectivity index (χ0v) is 29.5. The molecule has 13 heteroatoms. The number of nitro benzene ring substituents is 1. The van der Waals surface area contributed by atoms with E-state index in [1.807, 2.05) is 0 Å². The maximum atomic E-state index is 11.2. The highest BCUT2D eigenvalue weighted by molar-refractivity contribution is 5.93. The normalized spacial score (nSPS) is 11.2. The van der Waals surface area contributed by atoms with Crippen LogP contribution in [-0.4, -0.2) is 56.4 Å². The molecule has 51 heavy (non-hydrogen) atoms. The smallest absolute Gasteiger partial charge is 0.300 e. The zero-order chi connectivity index (χ0) is 35.5. The van der Waals surface area contributed by atoms with E-state index in [0.717, 1.165) is 51.6 Å². The van der Waals surface area contributed by atoms with Gasteiger partial charge in [0.2, 0.25) is 23.4 Å². The van der Waals surface area contributed by atoms with Crippen LogP contribution in [0.4, 0.5) is 29.2 Å². The van der Waals surface area contributed by atoms with Gasteiger partial charge in [-0.1, -0.05) is 113 Å².